The topological polar surface area (TPSA) is 29.1 Å². The van der Waals surface area contributed by atoms with Crippen molar-refractivity contribution in [3.05, 3.63) is 41.5 Å². The molecule has 1 aromatic carbocycles. The van der Waals surface area contributed by atoms with Crippen LogP contribution in [0.5, 0.6) is 0 Å². The van der Waals surface area contributed by atoms with Gasteiger partial charge in [-0.25, -0.2) is 0 Å². The molecule has 1 N–H and O–H groups in total. The van der Waals surface area contributed by atoms with Crippen LogP contribution in [0.15, 0.2) is 24.8 Å². The Morgan fingerprint density at radius 2 is 2.13 bits per heavy atom. The highest BCUT2D eigenvalue weighted by atomic mass is 16.1. The van der Waals surface area contributed by atoms with Crippen LogP contribution >= 0.6 is 0 Å². The molecule has 15 heavy (non-hydrogen) atoms. The van der Waals surface area contributed by atoms with Crippen LogP contribution in [-0.2, 0) is 0 Å². The van der Waals surface area contributed by atoms with Crippen LogP contribution in [0, 0.1) is 6.92 Å². The third kappa shape index (κ3) is 2.69. The van der Waals surface area contributed by atoms with Gasteiger partial charge in [-0.1, -0.05) is 30.9 Å². The Bertz CT molecular complexity index is 380. The number of nitrogens with one attached hydrogen (secondary N) is 1. The van der Waals surface area contributed by atoms with Gasteiger partial charge >= 0.3 is 0 Å². The minimum Gasteiger partial charge on any atom is -0.350 e. The SMILES string of the molecule is C=Cc1cccc(C)c1C(=O)NC(C)C. The highest BCUT2D eigenvalue weighted by Crippen LogP contribution is 2.15. The van der Waals surface area contributed by atoms with Crippen LogP contribution in [0.4, 0.5) is 0 Å². The lowest BCUT2D eigenvalue weighted by molar-refractivity contribution is 0.0942. The van der Waals surface area contributed by atoms with Crippen molar-refractivity contribution < 1.29 is 4.79 Å². The maximum Gasteiger partial charge on any atom is 0.252 e. The smallest absolute Gasteiger partial charge is 0.252 e. The molecule has 1 rings (SSSR count). The van der Waals surface area contributed by atoms with Gasteiger partial charge < -0.3 is 5.32 Å². The summed E-state index contributed by atoms with van der Waals surface area (Å²) >= 11 is 0. The molecule has 0 unspecified atom stereocenters. The molecule has 0 spiro atoms. The van der Waals surface area contributed by atoms with Crippen LogP contribution in [0.1, 0.15) is 35.3 Å². The fourth-order valence-electron chi connectivity index (χ4n) is 1.51. The highest BCUT2D eigenvalue weighted by Gasteiger charge is 2.12. The summed E-state index contributed by atoms with van der Waals surface area (Å²) in [6, 6.07) is 5.91. The molecule has 0 saturated carbocycles. The Kier molecular flexibility index (Phi) is 3.67. The lowest BCUT2D eigenvalue weighted by Gasteiger charge is -2.12. The molecule has 0 fully saturated rings. The summed E-state index contributed by atoms with van der Waals surface area (Å²) in [6.07, 6.45) is 1.71. The largest absolute Gasteiger partial charge is 0.350 e. The first-order valence-corrected chi connectivity index (χ1v) is 5.09. The summed E-state index contributed by atoms with van der Waals surface area (Å²) in [5, 5.41) is 2.89. The van der Waals surface area contributed by atoms with Gasteiger partial charge in [-0.05, 0) is 31.9 Å². The molecule has 0 heterocycles. The Labute approximate surface area is 91.0 Å². The second kappa shape index (κ2) is 4.78. The van der Waals surface area contributed by atoms with Crippen molar-refractivity contribution in [1.82, 2.24) is 5.32 Å². The van der Waals surface area contributed by atoms with E-state index >= 15 is 0 Å². The van der Waals surface area contributed by atoms with E-state index in [9.17, 15) is 4.79 Å². The number of rotatable bonds is 3. The van der Waals surface area contributed by atoms with E-state index in [2.05, 4.69) is 11.9 Å². The van der Waals surface area contributed by atoms with E-state index in [-0.39, 0.29) is 11.9 Å². The van der Waals surface area contributed by atoms with E-state index in [0.717, 1.165) is 16.7 Å². The van der Waals surface area contributed by atoms with Crippen molar-refractivity contribution in [3.8, 4) is 0 Å². The fourth-order valence-corrected chi connectivity index (χ4v) is 1.51. The van der Waals surface area contributed by atoms with Crippen molar-refractivity contribution in [2.75, 3.05) is 0 Å². The number of hydrogen-bond donors (Lipinski definition) is 1. The quantitative estimate of drug-likeness (QED) is 0.804. The predicted octanol–water partition coefficient (Wildman–Crippen LogP) is 2.78. The molecule has 0 atom stereocenters. The second-order valence-corrected chi connectivity index (χ2v) is 3.87. The molecule has 0 aliphatic heterocycles. The molecule has 0 radical (unpaired) electrons. The van der Waals surface area contributed by atoms with Crippen molar-refractivity contribution in [3.63, 3.8) is 0 Å². The molecule has 2 heteroatoms. The van der Waals surface area contributed by atoms with Crippen molar-refractivity contribution >= 4 is 12.0 Å². The molecule has 80 valence electrons. The Morgan fingerprint density at radius 1 is 1.47 bits per heavy atom. The third-order valence-electron chi connectivity index (χ3n) is 2.17. The van der Waals surface area contributed by atoms with Gasteiger partial charge in [0, 0.05) is 11.6 Å². The first-order chi connectivity index (χ1) is 7.06. The summed E-state index contributed by atoms with van der Waals surface area (Å²) in [5.41, 5.74) is 2.58. The minimum absolute atomic E-state index is 0.0296. The van der Waals surface area contributed by atoms with Gasteiger partial charge in [0.05, 0.1) is 0 Å². The average molecular weight is 203 g/mol. The maximum absolute atomic E-state index is 11.9. The summed E-state index contributed by atoms with van der Waals surface area (Å²) in [5.74, 6) is -0.0296. The fraction of sp³-hybridized carbons (Fsp3) is 0.308. The average Bonchev–Trinajstić information content (AvgIpc) is 2.15. The summed E-state index contributed by atoms with van der Waals surface area (Å²) < 4.78 is 0. The third-order valence-corrected chi connectivity index (χ3v) is 2.17. The molecule has 2 nitrogen and oxygen atoms in total. The molecule has 1 amide bonds. The van der Waals surface area contributed by atoms with Gasteiger partial charge in [0.1, 0.15) is 0 Å². The van der Waals surface area contributed by atoms with Crippen LogP contribution in [0.25, 0.3) is 6.08 Å². The van der Waals surface area contributed by atoms with Gasteiger partial charge in [0.25, 0.3) is 5.91 Å². The summed E-state index contributed by atoms with van der Waals surface area (Å²) in [4.78, 5) is 11.9. The van der Waals surface area contributed by atoms with E-state index in [1.165, 1.54) is 0 Å². The minimum atomic E-state index is -0.0296. The number of hydrogen-bond acceptors (Lipinski definition) is 1. The second-order valence-electron chi connectivity index (χ2n) is 3.87. The molecule has 1 aromatic rings. The van der Waals surface area contributed by atoms with Gasteiger partial charge in [-0.15, -0.1) is 0 Å². The van der Waals surface area contributed by atoms with Crippen molar-refractivity contribution in [2.24, 2.45) is 0 Å². The number of amides is 1. The van der Waals surface area contributed by atoms with Crippen LogP contribution in [-0.4, -0.2) is 11.9 Å². The van der Waals surface area contributed by atoms with Crippen molar-refractivity contribution in [1.29, 1.82) is 0 Å². The molecule has 0 aliphatic rings. The van der Waals surface area contributed by atoms with Gasteiger partial charge in [0.15, 0.2) is 0 Å². The van der Waals surface area contributed by atoms with Gasteiger partial charge in [0.2, 0.25) is 0 Å². The first-order valence-electron chi connectivity index (χ1n) is 5.09. The number of carbonyl (C=O) groups is 1. The van der Waals surface area contributed by atoms with Crippen LogP contribution in [0.2, 0.25) is 0 Å². The van der Waals surface area contributed by atoms with Gasteiger partial charge in [-0.3, -0.25) is 4.79 Å². The lowest BCUT2D eigenvalue weighted by atomic mass is 10.0. The molecular weight excluding hydrogens is 186 g/mol. The number of carbonyl (C=O) groups excluding carboxylic acids is 1. The first kappa shape index (κ1) is 11.5. The Balaban J connectivity index is 3.11. The summed E-state index contributed by atoms with van der Waals surface area (Å²) in [6.45, 7) is 9.54. The standard InChI is InChI=1S/C13H17NO/c1-5-11-8-6-7-10(4)12(11)13(15)14-9(2)3/h5-9H,1H2,2-4H3,(H,14,15). The molecule has 0 aromatic heterocycles. The summed E-state index contributed by atoms with van der Waals surface area (Å²) in [7, 11) is 0. The highest BCUT2D eigenvalue weighted by molar-refractivity contribution is 5.99. The van der Waals surface area contributed by atoms with E-state index in [4.69, 9.17) is 0 Å². The number of benzene rings is 1. The van der Waals surface area contributed by atoms with Crippen molar-refractivity contribution in [2.45, 2.75) is 26.8 Å². The molecule has 0 bridgehead atoms. The number of aryl methyl sites for hydroxylation is 1. The predicted molar refractivity (Wildman–Crippen MR) is 63.9 cm³/mol. The Morgan fingerprint density at radius 3 is 2.67 bits per heavy atom. The van der Waals surface area contributed by atoms with Crippen LogP contribution < -0.4 is 5.32 Å². The van der Waals surface area contributed by atoms with E-state index in [0.29, 0.717) is 0 Å². The Hall–Kier alpha value is -1.57. The normalized spacial score (nSPS) is 10.1. The van der Waals surface area contributed by atoms with Crippen LogP contribution in [0.3, 0.4) is 0 Å². The zero-order valence-electron chi connectivity index (χ0n) is 9.50. The van der Waals surface area contributed by atoms with E-state index in [1.807, 2.05) is 39.0 Å². The van der Waals surface area contributed by atoms with Gasteiger partial charge in [-0.2, -0.15) is 0 Å². The zero-order chi connectivity index (χ0) is 11.4. The monoisotopic (exact) mass is 203 g/mol. The zero-order valence-corrected chi connectivity index (χ0v) is 9.50. The van der Waals surface area contributed by atoms with E-state index < -0.39 is 0 Å². The lowest BCUT2D eigenvalue weighted by Crippen LogP contribution is -2.31. The molecular formula is C13H17NO. The molecule has 0 aliphatic carbocycles. The van der Waals surface area contributed by atoms with E-state index in [1.54, 1.807) is 6.08 Å². The molecule has 0 saturated heterocycles. The maximum atomic E-state index is 11.9.